The minimum Gasteiger partial charge on any atom is -1.00 e. The Balaban J connectivity index is -0.000000245. The van der Waals surface area contributed by atoms with Gasteiger partial charge in [-0.1, -0.05) is 0 Å². The SMILES string of the molecule is CC(=O)OCB(F)F.[F-].[K+]. The van der Waals surface area contributed by atoms with Crippen LogP contribution in [0.2, 0.25) is 0 Å². The molecule has 0 saturated heterocycles. The summed E-state index contributed by atoms with van der Waals surface area (Å²) in [5.74, 6) is -0.676. The average Bonchev–Trinajstić information content (AvgIpc) is 1.61. The van der Waals surface area contributed by atoms with Crippen molar-refractivity contribution in [3.05, 3.63) is 0 Å². The summed E-state index contributed by atoms with van der Waals surface area (Å²) in [5, 5.41) is 0. The molecule has 0 aliphatic heterocycles. The maximum atomic E-state index is 11.1. The van der Waals surface area contributed by atoms with Crippen molar-refractivity contribution in [3.63, 3.8) is 0 Å². The molecule has 0 aromatic heterocycles. The van der Waals surface area contributed by atoms with Crippen LogP contribution in [0.15, 0.2) is 0 Å². The van der Waals surface area contributed by atoms with Gasteiger partial charge in [-0.25, -0.2) is 0 Å². The van der Waals surface area contributed by atoms with E-state index >= 15 is 0 Å². The summed E-state index contributed by atoms with van der Waals surface area (Å²) in [4.78, 5) is 9.79. The number of hydrogen-bond acceptors (Lipinski definition) is 2. The standard InChI is InChI=1S/C3H5BF2O2.FH.K/c1-3(7)8-2-4(5)6;;/h2H2,1H3;1H;/q;;+1/p-1. The number of carbonyl (C=O) groups excluding carboxylic acids is 1. The van der Waals surface area contributed by atoms with Gasteiger partial charge in [-0.15, -0.1) is 0 Å². The van der Waals surface area contributed by atoms with E-state index in [-0.39, 0.29) is 56.1 Å². The molecule has 0 amide bonds. The summed E-state index contributed by atoms with van der Waals surface area (Å²) in [5.41, 5.74) is 0. The molecule has 7 heteroatoms. The number of rotatable bonds is 2. The molecule has 0 bridgehead atoms. The Morgan fingerprint density at radius 2 is 2.00 bits per heavy atom. The monoisotopic (exact) mass is 180 g/mol. The van der Waals surface area contributed by atoms with Crippen molar-refractivity contribution in [2.75, 3.05) is 6.51 Å². The molecular formula is C3H5BF3KO2. The molecule has 0 aromatic carbocycles. The van der Waals surface area contributed by atoms with Crippen LogP contribution in [0, 0.1) is 0 Å². The maximum Gasteiger partial charge on any atom is 1.00 e. The Morgan fingerprint density at radius 3 is 2.10 bits per heavy atom. The summed E-state index contributed by atoms with van der Waals surface area (Å²) in [6.45, 7) is 0.289. The predicted octanol–water partition coefficient (Wildman–Crippen LogP) is -5.48. The van der Waals surface area contributed by atoms with Crippen LogP contribution < -0.4 is 56.1 Å². The molecule has 0 saturated carbocycles. The molecular weight excluding hydrogens is 175 g/mol. The van der Waals surface area contributed by atoms with E-state index in [0.29, 0.717) is 0 Å². The molecule has 0 rings (SSSR count). The number of ether oxygens (including phenoxy) is 1. The average molecular weight is 180 g/mol. The third kappa shape index (κ3) is 16.0. The van der Waals surface area contributed by atoms with Gasteiger partial charge in [-0.2, -0.15) is 0 Å². The number of esters is 1. The van der Waals surface area contributed by atoms with Crippen LogP contribution in [-0.2, 0) is 9.53 Å². The molecule has 0 radical (unpaired) electrons. The van der Waals surface area contributed by atoms with Crippen LogP contribution >= 0.6 is 0 Å². The van der Waals surface area contributed by atoms with Gasteiger partial charge in [-0.05, 0) is 0 Å². The molecule has 0 aliphatic rings. The summed E-state index contributed by atoms with van der Waals surface area (Å²) < 4.78 is 26.2. The van der Waals surface area contributed by atoms with E-state index in [0.717, 1.165) is 6.92 Å². The minimum atomic E-state index is -2.56. The van der Waals surface area contributed by atoms with E-state index in [1.54, 1.807) is 0 Å². The Morgan fingerprint density at radius 1 is 1.60 bits per heavy atom. The van der Waals surface area contributed by atoms with Crippen molar-refractivity contribution in [1.82, 2.24) is 0 Å². The molecule has 10 heavy (non-hydrogen) atoms. The van der Waals surface area contributed by atoms with Gasteiger partial charge in [0.15, 0.2) is 0 Å². The molecule has 0 N–H and O–H groups in total. The Bertz CT molecular complexity index is 91.8. The zero-order chi connectivity index (χ0) is 6.57. The second-order valence-electron chi connectivity index (χ2n) is 1.19. The first-order valence-corrected chi connectivity index (χ1v) is 2.04. The van der Waals surface area contributed by atoms with E-state index in [1.807, 2.05) is 0 Å². The van der Waals surface area contributed by atoms with Crippen molar-refractivity contribution >= 4 is 13.2 Å². The van der Waals surface area contributed by atoms with Gasteiger partial charge in [0, 0.05) is 6.92 Å². The van der Waals surface area contributed by atoms with Crippen LogP contribution in [-0.4, -0.2) is 19.7 Å². The van der Waals surface area contributed by atoms with Crippen molar-refractivity contribution in [3.8, 4) is 0 Å². The van der Waals surface area contributed by atoms with Crippen LogP contribution in [0.4, 0.5) is 8.63 Å². The van der Waals surface area contributed by atoms with Crippen LogP contribution in [0.5, 0.6) is 0 Å². The fourth-order valence-corrected chi connectivity index (χ4v) is 0.180. The van der Waals surface area contributed by atoms with E-state index < -0.39 is 19.7 Å². The van der Waals surface area contributed by atoms with Crippen LogP contribution in [0.1, 0.15) is 6.92 Å². The number of halogens is 3. The quantitative estimate of drug-likeness (QED) is 0.313. The zero-order valence-corrected chi connectivity index (χ0v) is 8.86. The molecule has 0 unspecified atom stereocenters. The fourth-order valence-electron chi connectivity index (χ4n) is 0.180. The summed E-state index contributed by atoms with van der Waals surface area (Å²) in [6, 6.07) is 0. The Hall–Kier alpha value is 0.961. The molecule has 54 valence electrons. The van der Waals surface area contributed by atoms with E-state index in [9.17, 15) is 13.4 Å². The maximum absolute atomic E-state index is 11.1. The molecule has 0 spiro atoms. The van der Waals surface area contributed by atoms with E-state index in [2.05, 4.69) is 4.74 Å². The molecule has 0 fully saturated rings. The van der Waals surface area contributed by atoms with Gasteiger partial charge in [-0.3, -0.25) is 13.4 Å². The van der Waals surface area contributed by atoms with Crippen molar-refractivity contribution < 1.29 is 74.3 Å². The second kappa shape index (κ2) is 9.96. The first kappa shape index (κ1) is 17.2. The fraction of sp³-hybridized carbons (Fsp3) is 0.667. The van der Waals surface area contributed by atoms with Crippen LogP contribution in [0.25, 0.3) is 0 Å². The topological polar surface area (TPSA) is 26.3 Å². The summed E-state index contributed by atoms with van der Waals surface area (Å²) in [6.07, 6.45) is 0. The third-order valence-electron chi connectivity index (χ3n) is 0.413. The van der Waals surface area contributed by atoms with Gasteiger partial charge >= 0.3 is 64.6 Å². The zero-order valence-electron chi connectivity index (χ0n) is 5.73. The van der Waals surface area contributed by atoms with Gasteiger partial charge in [0.2, 0.25) is 0 Å². The predicted molar refractivity (Wildman–Crippen MR) is 24.6 cm³/mol. The summed E-state index contributed by atoms with van der Waals surface area (Å²) >= 11 is 0. The van der Waals surface area contributed by atoms with E-state index in [4.69, 9.17) is 0 Å². The Kier molecular flexibility index (Phi) is 17.1. The van der Waals surface area contributed by atoms with Crippen molar-refractivity contribution in [2.45, 2.75) is 6.92 Å². The normalized spacial score (nSPS) is 6.70. The Labute approximate surface area is 99.6 Å². The van der Waals surface area contributed by atoms with Crippen LogP contribution in [0.3, 0.4) is 0 Å². The van der Waals surface area contributed by atoms with E-state index in [1.165, 1.54) is 0 Å². The van der Waals surface area contributed by atoms with Gasteiger partial charge in [0.05, 0.1) is 0 Å². The molecule has 0 aliphatic carbocycles. The molecule has 0 aromatic rings. The largest absolute Gasteiger partial charge is 1.00 e. The molecule has 0 atom stereocenters. The van der Waals surface area contributed by atoms with Gasteiger partial charge < -0.3 is 9.44 Å². The summed E-state index contributed by atoms with van der Waals surface area (Å²) in [7, 11) is -2.56. The first-order valence-electron chi connectivity index (χ1n) is 2.04. The van der Waals surface area contributed by atoms with Crippen molar-refractivity contribution in [2.24, 2.45) is 0 Å². The molecule has 0 heterocycles. The molecule has 2 nitrogen and oxygen atoms in total. The first-order chi connectivity index (χ1) is 3.63. The number of carbonyl (C=O) groups is 1. The van der Waals surface area contributed by atoms with Crippen molar-refractivity contribution in [1.29, 1.82) is 0 Å². The van der Waals surface area contributed by atoms with Gasteiger partial charge in [0.1, 0.15) is 6.51 Å². The third-order valence-corrected chi connectivity index (χ3v) is 0.413. The second-order valence-corrected chi connectivity index (χ2v) is 1.19. The number of hydrogen-bond donors (Lipinski definition) is 0. The van der Waals surface area contributed by atoms with Gasteiger partial charge in [0.25, 0.3) is 0 Å². The smallest absolute Gasteiger partial charge is 1.00 e. The minimum absolute atomic E-state index is 0.